The molecule has 0 radical (unpaired) electrons. The molecule has 1 unspecified atom stereocenters. The molecule has 0 aromatic carbocycles. The van der Waals surface area contributed by atoms with Gasteiger partial charge in [-0.3, -0.25) is 4.79 Å². The van der Waals surface area contributed by atoms with Crippen LogP contribution in [0.5, 0.6) is 0 Å². The van der Waals surface area contributed by atoms with Gasteiger partial charge >= 0.3 is 5.97 Å². The zero-order valence-corrected chi connectivity index (χ0v) is 17.5. The first-order valence-electron chi connectivity index (χ1n) is 11.7. The van der Waals surface area contributed by atoms with E-state index in [1.165, 1.54) is 96.3 Å². The summed E-state index contributed by atoms with van der Waals surface area (Å²) in [6.45, 7) is -0.467. The Bertz CT molecular complexity index is 333. The molecule has 4 heteroatoms. The van der Waals surface area contributed by atoms with Gasteiger partial charge in [-0.1, -0.05) is 103 Å². The Hall–Kier alpha value is -0.610. The van der Waals surface area contributed by atoms with Crippen LogP contribution < -0.4 is 0 Å². The quantitative estimate of drug-likeness (QED) is 0.363. The molecular weight excluding hydrogens is 340 g/mol. The molecule has 0 spiro atoms. The number of rotatable bonds is 11. The number of ether oxygens (including phenoxy) is 1. The zero-order chi connectivity index (χ0) is 19.6. The van der Waals surface area contributed by atoms with Gasteiger partial charge in [0, 0.05) is 6.42 Å². The summed E-state index contributed by atoms with van der Waals surface area (Å²) in [7, 11) is 0. The highest BCUT2D eigenvalue weighted by atomic mass is 16.5. The molecule has 0 heterocycles. The minimum Gasteiger partial charge on any atom is -0.463 e. The van der Waals surface area contributed by atoms with E-state index in [2.05, 4.69) is 0 Å². The predicted octanol–water partition coefficient (Wildman–Crippen LogP) is 5.53. The van der Waals surface area contributed by atoms with Crippen LogP contribution >= 0.6 is 0 Å². The fourth-order valence-corrected chi connectivity index (χ4v) is 4.08. The number of unbranched alkanes of at least 4 members (excludes halogenated alkanes) is 4. The molecule has 160 valence electrons. The van der Waals surface area contributed by atoms with E-state index in [1.807, 2.05) is 0 Å². The Morgan fingerprint density at radius 2 is 1.33 bits per heavy atom. The number of hydrogen-bond donors (Lipinski definition) is 2. The van der Waals surface area contributed by atoms with Crippen LogP contribution in [0.4, 0.5) is 0 Å². The summed E-state index contributed by atoms with van der Waals surface area (Å²) in [6, 6.07) is 0. The van der Waals surface area contributed by atoms with Gasteiger partial charge in [-0.25, -0.2) is 0 Å². The molecule has 0 aromatic heterocycles. The molecule has 1 aliphatic carbocycles. The number of aliphatic hydroxyl groups excluding tert-OH is 2. The van der Waals surface area contributed by atoms with Gasteiger partial charge in [0.1, 0.15) is 12.7 Å². The monoisotopic (exact) mass is 384 g/mol. The molecule has 1 aliphatic rings. The van der Waals surface area contributed by atoms with E-state index < -0.39 is 6.10 Å². The van der Waals surface area contributed by atoms with E-state index in [9.17, 15) is 4.79 Å². The van der Waals surface area contributed by atoms with Crippen molar-refractivity contribution >= 4 is 5.97 Å². The first-order chi connectivity index (χ1) is 13.2. The highest BCUT2D eigenvalue weighted by molar-refractivity contribution is 5.69. The SMILES string of the molecule is O=C(CCCCCCCC1CCCCCCCCCCC1)OCC(O)CO. The van der Waals surface area contributed by atoms with Crippen LogP contribution in [0.25, 0.3) is 0 Å². The van der Waals surface area contributed by atoms with Gasteiger partial charge in [0.05, 0.1) is 6.61 Å². The number of esters is 1. The molecule has 27 heavy (non-hydrogen) atoms. The van der Waals surface area contributed by atoms with Crippen molar-refractivity contribution in [1.82, 2.24) is 0 Å². The van der Waals surface area contributed by atoms with Crippen LogP contribution in [-0.2, 0) is 9.53 Å². The van der Waals surface area contributed by atoms with Gasteiger partial charge in [0.2, 0.25) is 0 Å². The summed E-state index contributed by atoms with van der Waals surface area (Å²) in [6.07, 6.45) is 22.4. The molecule has 4 nitrogen and oxygen atoms in total. The smallest absolute Gasteiger partial charge is 0.305 e. The maximum absolute atomic E-state index is 11.5. The summed E-state index contributed by atoms with van der Waals surface area (Å²) >= 11 is 0. The number of carbonyl (C=O) groups excluding carboxylic acids is 1. The zero-order valence-electron chi connectivity index (χ0n) is 17.5. The topological polar surface area (TPSA) is 66.8 Å². The third-order valence-electron chi connectivity index (χ3n) is 5.87. The van der Waals surface area contributed by atoms with Crippen molar-refractivity contribution in [2.75, 3.05) is 13.2 Å². The van der Waals surface area contributed by atoms with Crippen LogP contribution in [0.15, 0.2) is 0 Å². The molecule has 1 saturated carbocycles. The Balaban J connectivity index is 2.00. The second kappa shape index (κ2) is 17.5. The Morgan fingerprint density at radius 1 is 0.815 bits per heavy atom. The number of hydrogen-bond acceptors (Lipinski definition) is 4. The molecule has 0 aliphatic heterocycles. The maximum Gasteiger partial charge on any atom is 0.305 e. The lowest BCUT2D eigenvalue weighted by Crippen LogP contribution is -2.21. The van der Waals surface area contributed by atoms with E-state index in [0.29, 0.717) is 6.42 Å². The Labute approximate surface area is 167 Å². The molecule has 0 saturated heterocycles. The Morgan fingerprint density at radius 3 is 1.93 bits per heavy atom. The van der Waals surface area contributed by atoms with E-state index in [0.717, 1.165) is 18.8 Å². The summed E-state index contributed by atoms with van der Waals surface area (Å²) in [4.78, 5) is 11.5. The highest BCUT2D eigenvalue weighted by Gasteiger charge is 2.10. The molecule has 2 N–H and O–H groups in total. The minimum atomic E-state index is -0.954. The van der Waals surface area contributed by atoms with Crippen molar-refractivity contribution in [3.63, 3.8) is 0 Å². The third-order valence-corrected chi connectivity index (χ3v) is 5.87. The summed E-state index contributed by atoms with van der Waals surface area (Å²) in [5.74, 6) is 0.674. The first kappa shape index (κ1) is 24.4. The van der Waals surface area contributed by atoms with E-state index >= 15 is 0 Å². The Kier molecular flexibility index (Phi) is 15.8. The minimum absolute atomic E-state index is 0.100. The van der Waals surface area contributed by atoms with Crippen LogP contribution in [-0.4, -0.2) is 35.5 Å². The molecule has 1 rings (SSSR count). The van der Waals surface area contributed by atoms with E-state index in [4.69, 9.17) is 14.9 Å². The lowest BCUT2D eigenvalue weighted by atomic mass is 9.89. The number of aliphatic hydroxyl groups is 2. The van der Waals surface area contributed by atoms with Crippen molar-refractivity contribution in [3.05, 3.63) is 0 Å². The normalized spacial score (nSPS) is 19.0. The van der Waals surface area contributed by atoms with Gasteiger partial charge in [-0.2, -0.15) is 0 Å². The standard InChI is InChI=1S/C23H44O4/c24-19-22(25)20-27-23(26)18-14-10-6-9-13-17-21-15-11-7-4-2-1-3-5-8-12-16-21/h21-22,24-25H,1-20H2. The predicted molar refractivity (Wildman–Crippen MR) is 111 cm³/mol. The lowest BCUT2D eigenvalue weighted by molar-refractivity contribution is -0.147. The van der Waals surface area contributed by atoms with Crippen molar-refractivity contribution < 1.29 is 19.7 Å². The van der Waals surface area contributed by atoms with Crippen molar-refractivity contribution in [2.24, 2.45) is 5.92 Å². The second-order valence-corrected chi connectivity index (χ2v) is 8.45. The van der Waals surface area contributed by atoms with Gasteiger partial charge in [-0.15, -0.1) is 0 Å². The van der Waals surface area contributed by atoms with Crippen LogP contribution in [0, 0.1) is 5.92 Å². The average molecular weight is 385 g/mol. The molecular formula is C23H44O4. The second-order valence-electron chi connectivity index (χ2n) is 8.45. The van der Waals surface area contributed by atoms with E-state index in [-0.39, 0.29) is 19.2 Å². The highest BCUT2D eigenvalue weighted by Crippen LogP contribution is 2.25. The van der Waals surface area contributed by atoms with E-state index in [1.54, 1.807) is 0 Å². The van der Waals surface area contributed by atoms with Gasteiger partial charge in [0.15, 0.2) is 0 Å². The lowest BCUT2D eigenvalue weighted by Gasteiger charge is -2.17. The van der Waals surface area contributed by atoms with Crippen molar-refractivity contribution in [1.29, 1.82) is 0 Å². The van der Waals surface area contributed by atoms with Crippen LogP contribution in [0.2, 0.25) is 0 Å². The summed E-state index contributed by atoms with van der Waals surface area (Å²) < 4.78 is 4.91. The molecule has 0 bridgehead atoms. The summed E-state index contributed by atoms with van der Waals surface area (Å²) in [5.41, 5.74) is 0. The van der Waals surface area contributed by atoms with Gasteiger partial charge in [0.25, 0.3) is 0 Å². The maximum atomic E-state index is 11.5. The third kappa shape index (κ3) is 15.0. The molecule has 0 aromatic rings. The average Bonchev–Trinajstić information content (AvgIpc) is 2.66. The molecule has 0 amide bonds. The summed E-state index contributed by atoms with van der Waals surface area (Å²) in [5, 5.41) is 17.8. The van der Waals surface area contributed by atoms with Crippen LogP contribution in [0.3, 0.4) is 0 Å². The largest absolute Gasteiger partial charge is 0.463 e. The fraction of sp³-hybridized carbons (Fsp3) is 0.957. The van der Waals surface area contributed by atoms with Gasteiger partial charge in [-0.05, 0) is 12.3 Å². The first-order valence-corrected chi connectivity index (χ1v) is 11.7. The molecule has 1 fully saturated rings. The number of carbonyl (C=O) groups is 1. The van der Waals surface area contributed by atoms with Crippen LogP contribution in [0.1, 0.15) is 116 Å². The fourth-order valence-electron chi connectivity index (χ4n) is 4.08. The molecule has 1 atom stereocenters. The van der Waals surface area contributed by atoms with Gasteiger partial charge < -0.3 is 14.9 Å². The van der Waals surface area contributed by atoms with Crippen molar-refractivity contribution in [2.45, 2.75) is 122 Å². The van der Waals surface area contributed by atoms with Crippen molar-refractivity contribution in [3.8, 4) is 0 Å².